The van der Waals surface area contributed by atoms with Gasteiger partial charge >= 0.3 is 0 Å². The number of fused-ring (bicyclic) bond motifs is 1. The zero-order valence-corrected chi connectivity index (χ0v) is 8.15. The lowest BCUT2D eigenvalue weighted by Gasteiger charge is -2.37. The van der Waals surface area contributed by atoms with Crippen molar-refractivity contribution in [2.45, 2.75) is 43.9 Å². The van der Waals surface area contributed by atoms with E-state index < -0.39 is 6.29 Å². The van der Waals surface area contributed by atoms with Crippen LogP contribution < -0.4 is 0 Å². The quantitative estimate of drug-likeness (QED) is 0.623. The summed E-state index contributed by atoms with van der Waals surface area (Å²) >= 11 is 0. The Bertz CT molecular complexity index is 224. The van der Waals surface area contributed by atoms with Gasteiger partial charge in [-0.25, -0.2) is 0 Å². The third-order valence-corrected chi connectivity index (χ3v) is 3.56. The van der Waals surface area contributed by atoms with Crippen LogP contribution in [0, 0.1) is 5.92 Å². The minimum absolute atomic E-state index is 0.225. The number of hydrogen-bond acceptors (Lipinski definition) is 4. The molecule has 1 spiro atoms. The molecule has 3 rings (SSSR count). The zero-order chi connectivity index (χ0) is 9.60. The van der Waals surface area contributed by atoms with Crippen molar-refractivity contribution in [3.63, 3.8) is 0 Å². The Hall–Kier alpha value is -0.160. The summed E-state index contributed by atoms with van der Waals surface area (Å²) in [6.45, 7) is 1.42. The second kappa shape index (κ2) is 3.17. The van der Waals surface area contributed by atoms with Crippen LogP contribution in [0.2, 0.25) is 0 Å². The number of hydrogen-bond donors (Lipinski definition) is 1. The zero-order valence-electron chi connectivity index (χ0n) is 8.15. The first-order valence-electron chi connectivity index (χ1n) is 5.39. The smallest absolute Gasteiger partial charge is 0.168 e. The average molecular weight is 200 g/mol. The van der Waals surface area contributed by atoms with Gasteiger partial charge in [0.2, 0.25) is 0 Å². The molecule has 1 N–H and O–H groups in total. The molecule has 0 aromatic rings. The molecule has 4 nitrogen and oxygen atoms in total. The highest BCUT2D eigenvalue weighted by Gasteiger charge is 2.48. The minimum Gasteiger partial charge on any atom is -0.368 e. The van der Waals surface area contributed by atoms with Crippen LogP contribution in [0.4, 0.5) is 0 Å². The van der Waals surface area contributed by atoms with Gasteiger partial charge in [0.25, 0.3) is 0 Å². The first-order chi connectivity index (χ1) is 6.77. The number of ether oxygens (including phenoxy) is 3. The fourth-order valence-electron chi connectivity index (χ4n) is 2.92. The lowest BCUT2D eigenvalue weighted by molar-refractivity contribution is -0.200. The summed E-state index contributed by atoms with van der Waals surface area (Å²) in [6, 6.07) is 0. The van der Waals surface area contributed by atoms with Crippen molar-refractivity contribution in [1.82, 2.24) is 0 Å². The minimum atomic E-state index is -0.568. The van der Waals surface area contributed by atoms with Crippen molar-refractivity contribution < 1.29 is 19.3 Å². The fraction of sp³-hybridized carbons (Fsp3) is 1.00. The van der Waals surface area contributed by atoms with E-state index in [2.05, 4.69) is 0 Å². The number of aliphatic hydroxyl groups is 1. The maximum absolute atomic E-state index is 9.39. The van der Waals surface area contributed by atoms with Gasteiger partial charge in [0.05, 0.1) is 19.3 Å². The Balaban J connectivity index is 1.72. The predicted molar refractivity (Wildman–Crippen MR) is 47.5 cm³/mol. The Morgan fingerprint density at radius 1 is 1.21 bits per heavy atom. The molecule has 3 atom stereocenters. The van der Waals surface area contributed by atoms with Crippen LogP contribution in [0.5, 0.6) is 0 Å². The van der Waals surface area contributed by atoms with Crippen molar-refractivity contribution in [3.8, 4) is 0 Å². The predicted octanol–water partition coefficient (Wildman–Crippen LogP) is 0.637. The lowest BCUT2D eigenvalue weighted by Crippen LogP contribution is -2.40. The second-order valence-corrected chi connectivity index (χ2v) is 4.48. The molecule has 2 heterocycles. The topological polar surface area (TPSA) is 47.9 Å². The van der Waals surface area contributed by atoms with E-state index in [1.807, 2.05) is 0 Å². The average Bonchev–Trinajstić information content (AvgIpc) is 2.72. The van der Waals surface area contributed by atoms with Gasteiger partial charge in [-0.2, -0.15) is 0 Å². The summed E-state index contributed by atoms with van der Waals surface area (Å²) in [5.74, 6) is 0.0750. The molecular formula is C10H16O4. The highest BCUT2D eigenvalue weighted by molar-refractivity contribution is 4.91. The molecule has 80 valence electrons. The van der Waals surface area contributed by atoms with E-state index >= 15 is 0 Å². The Morgan fingerprint density at radius 3 is 2.79 bits per heavy atom. The molecule has 2 saturated heterocycles. The van der Waals surface area contributed by atoms with Gasteiger partial charge < -0.3 is 19.3 Å². The Labute approximate surface area is 83.1 Å². The van der Waals surface area contributed by atoms with Crippen LogP contribution >= 0.6 is 0 Å². The highest BCUT2D eigenvalue weighted by atomic mass is 16.7. The van der Waals surface area contributed by atoms with Gasteiger partial charge in [0.1, 0.15) is 0 Å². The van der Waals surface area contributed by atoms with Crippen LogP contribution in [0.25, 0.3) is 0 Å². The molecule has 0 amide bonds. The van der Waals surface area contributed by atoms with Crippen molar-refractivity contribution in [2.24, 2.45) is 5.92 Å². The lowest BCUT2D eigenvalue weighted by atomic mass is 9.82. The first kappa shape index (κ1) is 9.09. The molecule has 2 aliphatic heterocycles. The Morgan fingerprint density at radius 2 is 2.00 bits per heavy atom. The largest absolute Gasteiger partial charge is 0.368 e. The fourth-order valence-corrected chi connectivity index (χ4v) is 2.92. The van der Waals surface area contributed by atoms with Crippen LogP contribution in [0.1, 0.15) is 25.7 Å². The van der Waals surface area contributed by atoms with Crippen LogP contribution in [-0.2, 0) is 14.2 Å². The molecule has 0 radical (unpaired) electrons. The van der Waals surface area contributed by atoms with Crippen LogP contribution in [0.15, 0.2) is 0 Å². The molecule has 3 aliphatic rings. The van der Waals surface area contributed by atoms with E-state index in [-0.39, 0.29) is 11.9 Å². The van der Waals surface area contributed by atoms with E-state index in [0.717, 1.165) is 25.7 Å². The molecule has 0 aromatic carbocycles. The Kier molecular flexibility index (Phi) is 2.06. The van der Waals surface area contributed by atoms with Crippen molar-refractivity contribution >= 4 is 0 Å². The first-order valence-corrected chi connectivity index (χ1v) is 5.39. The van der Waals surface area contributed by atoms with Crippen molar-refractivity contribution in [2.75, 3.05) is 13.2 Å². The highest BCUT2D eigenvalue weighted by Crippen LogP contribution is 2.44. The van der Waals surface area contributed by atoms with Gasteiger partial charge in [-0.15, -0.1) is 0 Å². The molecule has 14 heavy (non-hydrogen) atoms. The van der Waals surface area contributed by atoms with E-state index in [0.29, 0.717) is 19.1 Å². The number of aliphatic hydroxyl groups excluding tert-OH is 1. The van der Waals surface area contributed by atoms with E-state index in [1.165, 1.54) is 0 Å². The summed E-state index contributed by atoms with van der Waals surface area (Å²) in [6.07, 6.45) is 3.13. The van der Waals surface area contributed by atoms with Crippen molar-refractivity contribution in [3.05, 3.63) is 0 Å². The molecule has 4 heteroatoms. The summed E-state index contributed by atoms with van der Waals surface area (Å²) in [7, 11) is 0. The van der Waals surface area contributed by atoms with Gasteiger partial charge in [0, 0.05) is 19.3 Å². The van der Waals surface area contributed by atoms with Crippen LogP contribution in [-0.4, -0.2) is 36.5 Å². The molecule has 3 fully saturated rings. The maximum atomic E-state index is 9.39. The monoisotopic (exact) mass is 200 g/mol. The molecule has 1 unspecified atom stereocenters. The standard InChI is InChI=1S/C10H16O4/c11-9-5-7-6-10(12-3-4-13-10)2-1-8(7)14-9/h7-9,11H,1-6H2/t7-,8+,9?/m1/s1. The van der Waals surface area contributed by atoms with Crippen molar-refractivity contribution in [1.29, 1.82) is 0 Å². The van der Waals surface area contributed by atoms with Gasteiger partial charge in [-0.05, 0) is 12.3 Å². The summed E-state index contributed by atoms with van der Waals surface area (Å²) < 4.78 is 16.7. The van der Waals surface area contributed by atoms with E-state index in [9.17, 15) is 5.11 Å². The second-order valence-electron chi connectivity index (χ2n) is 4.48. The summed E-state index contributed by atoms with van der Waals surface area (Å²) in [5, 5.41) is 9.39. The third-order valence-electron chi connectivity index (χ3n) is 3.56. The van der Waals surface area contributed by atoms with Gasteiger partial charge in [-0.1, -0.05) is 0 Å². The van der Waals surface area contributed by atoms with Gasteiger partial charge in [-0.3, -0.25) is 0 Å². The molecule has 1 saturated carbocycles. The summed E-state index contributed by atoms with van der Waals surface area (Å²) in [5.41, 5.74) is 0. The maximum Gasteiger partial charge on any atom is 0.168 e. The number of rotatable bonds is 0. The van der Waals surface area contributed by atoms with E-state index in [1.54, 1.807) is 0 Å². The molecule has 0 bridgehead atoms. The normalized spacial score (nSPS) is 45.6. The van der Waals surface area contributed by atoms with Gasteiger partial charge in [0.15, 0.2) is 12.1 Å². The third kappa shape index (κ3) is 1.37. The molecular weight excluding hydrogens is 184 g/mol. The summed E-state index contributed by atoms with van der Waals surface area (Å²) in [4.78, 5) is 0. The van der Waals surface area contributed by atoms with Crippen LogP contribution in [0.3, 0.4) is 0 Å². The van der Waals surface area contributed by atoms with E-state index in [4.69, 9.17) is 14.2 Å². The molecule has 0 aromatic heterocycles. The molecule has 1 aliphatic carbocycles. The SMILES string of the molecule is OC1C[C@@H]2CC3(CC[C@@H]2O1)OCCO3.